The number of hydrogen-bond acceptors (Lipinski definition) is 3. The molecule has 1 saturated heterocycles. The minimum atomic E-state index is -0.116. The zero-order chi connectivity index (χ0) is 8.97. The Bertz CT molecular complexity index is 173. The molecule has 0 spiro atoms. The van der Waals surface area contributed by atoms with E-state index in [9.17, 15) is 0 Å². The second-order valence-corrected chi connectivity index (χ2v) is 2.80. The van der Waals surface area contributed by atoms with Crippen LogP contribution in [0.5, 0.6) is 0 Å². The third kappa shape index (κ3) is 1.98. The third-order valence-corrected chi connectivity index (χ3v) is 2.02. The summed E-state index contributed by atoms with van der Waals surface area (Å²) in [7, 11) is 3.30. The summed E-state index contributed by atoms with van der Waals surface area (Å²) in [5.74, 6) is 2.56. The van der Waals surface area contributed by atoms with Gasteiger partial charge in [-0.05, 0) is 0 Å². The molecule has 3 atom stereocenters. The van der Waals surface area contributed by atoms with Crippen LogP contribution in [0.25, 0.3) is 0 Å². The maximum Gasteiger partial charge on any atom is 0.121 e. The molecule has 12 heavy (non-hydrogen) atoms. The highest BCUT2D eigenvalue weighted by Gasteiger charge is 2.34. The number of terminal acetylenes is 1. The normalized spacial score (nSPS) is 34.9. The second-order valence-electron chi connectivity index (χ2n) is 2.80. The Morgan fingerprint density at radius 3 is 2.83 bits per heavy atom. The van der Waals surface area contributed by atoms with E-state index in [-0.39, 0.29) is 18.3 Å². The number of ether oxygens (including phenoxy) is 3. The lowest BCUT2D eigenvalue weighted by Gasteiger charge is -2.15. The molecule has 3 heteroatoms. The average Bonchev–Trinajstić information content (AvgIpc) is 2.48. The van der Waals surface area contributed by atoms with E-state index in [2.05, 4.69) is 5.92 Å². The molecule has 1 rings (SSSR count). The lowest BCUT2D eigenvalue weighted by Crippen LogP contribution is -2.27. The molecular formula is C9H14O3. The first-order valence-corrected chi connectivity index (χ1v) is 3.95. The molecule has 0 radical (unpaired) electrons. The Kier molecular flexibility index (Phi) is 3.54. The smallest absolute Gasteiger partial charge is 0.121 e. The standard InChI is InChI=1S/C9H14O3/c1-4-7-5-8(11-3)9(12-7)6-10-2/h1,7-9H,5-6H2,2-3H3/t7-,8?,9+/m0/s1. The summed E-state index contributed by atoms with van der Waals surface area (Å²) in [5.41, 5.74) is 0. The summed E-state index contributed by atoms with van der Waals surface area (Å²) >= 11 is 0. The van der Waals surface area contributed by atoms with E-state index in [0.717, 1.165) is 6.42 Å². The second kappa shape index (κ2) is 4.46. The van der Waals surface area contributed by atoms with E-state index in [1.807, 2.05) is 0 Å². The van der Waals surface area contributed by atoms with Gasteiger partial charge < -0.3 is 14.2 Å². The highest BCUT2D eigenvalue weighted by atomic mass is 16.6. The van der Waals surface area contributed by atoms with Crippen LogP contribution in [0, 0.1) is 12.3 Å². The van der Waals surface area contributed by atoms with Crippen LogP contribution in [0.4, 0.5) is 0 Å². The Hall–Kier alpha value is -0.560. The largest absolute Gasteiger partial charge is 0.382 e. The van der Waals surface area contributed by atoms with Gasteiger partial charge in [0.25, 0.3) is 0 Å². The van der Waals surface area contributed by atoms with Gasteiger partial charge in [-0.25, -0.2) is 0 Å². The lowest BCUT2D eigenvalue weighted by molar-refractivity contribution is -0.0346. The molecule has 1 aliphatic heterocycles. The van der Waals surface area contributed by atoms with Crippen molar-refractivity contribution in [2.24, 2.45) is 0 Å². The van der Waals surface area contributed by atoms with Crippen molar-refractivity contribution in [2.45, 2.75) is 24.7 Å². The Balaban J connectivity index is 2.45. The van der Waals surface area contributed by atoms with Gasteiger partial charge in [-0.2, -0.15) is 0 Å². The minimum Gasteiger partial charge on any atom is -0.382 e. The fourth-order valence-electron chi connectivity index (χ4n) is 1.38. The van der Waals surface area contributed by atoms with Gasteiger partial charge in [0.05, 0.1) is 12.7 Å². The van der Waals surface area contributed by atoms with Crippen molar-refractivity contribution in [3.8, 4) is 12.3 Å². The number of rotatable bonds is 3. The molecule has 0 amide bonds. The van der Waals surface area contributed by atoms with E-state index in [0.29, 0.717) is 6.61 Å². The molecule has 0 aliphatic carbocycles. The molecule has 1 fully saturated rings. The molecule has 1 aliphatic rings. The van der Waals surface area contributed by atoms with Crippen LogP contribution in [0.15, 0.2) is 0 Å². The highest BCUT2D eigenvalue weighted by molar-refractivity contribution is 5.01. The van der Waals surface area contributed by atoms with E-state index in [4.69, 9.17) is 20.6 Å². The van der Waals surface area contributed by atoms with Crippen molar-refractivity contribution in [3.05, 3.63) is 0 Å². The zero-order valence-corrected chi connectivity index (χ0v) is 7.45. The van der Waals surface area contributed by atoms with Crippen LogP contribution in [-0.4, -0.2) is 39.1 Å². The summed E-state index contributed by atoms with van der Waals surface area (Å²) in [4.78, 5) is 0. The van der Waals surface area contributed by atoms with Crippen LogP contribution in [0.3, 0.4) is 0 Å². The van der Waals surface area contributed by atoms with E-state index in [1.54, 1.807) is 14.2 Å². The molecule has 0 aromatic heterocycles. The van der Waals surface area contributed by atoms with Gasteiger partial charge in [-0.15, -0.1) is 6.42 Å². The summed E-state index contributed by atoms with van der Waals surface area (Å²) < 4.78 is 15.7. The zero-order valence-electron chi connectivity index (χ0n) is 7.45. The SMILES string of the molecule is C#C[C@H]1CC(OC)[C@@H](COC)O1. The van der Waals surface area contributed by atoms with Crippen molar-refractivity contribution in [3.63, 3.8) is 0 Å². The van der Waals surface area contributed by atoms with Crippen molar-refractivity contribution in [2.75, 3.05) is 20.8 Å². The summed E-state index contributed by atoms with van der Waals surface area (Å²) in [6.45, 7) is 0.538. The first-order chi connectivity index (χ1) is 5.81. The maximum absolute atomic E-state index is 5.47. The van der Waals surface area contributed by atoms with Crippen LogP contribution in [0.1, 0.15) is 6.42 Å². The van der Waals surface area contributed by atoms with Crippen LogP contribution in [-0.2, 0) is 14.2 Å². The van der Waals surface area contributed by atoms with Gasteiger partial charge in [0.15, 0.2) is 0 Å². The summed E-state index contributed by atoms with van der Waals surface area (Å²) in [6.07, 6.45) is 5.95. The fourth-order valence-corrected chi connectivity index (χ4v) is 1.38. The minimum absolute atomic E-state index is 0.0129. The molecule has 3 nitrogen and oxygen atoms in total. The summed E-state index contributed by atoms with van der Waals surface area (Å²) in [5, 5.41) is 0. The van der Waals surface area contributed by atoms with Crippen molar-refractivity contribution < 1.29 is 14.2 Å². The maximum atomic E-state index is 5.47. The lowest BCUT2D eigenvalue weighted by atomic mass is 10.1. The molecular weight excluding hydrogens is 156 g/mol. The molecule has 0 saturated carbocycles. The van der Waals surface area contributed by atoms with Crippen molar-refractivity contribution >= 4 is 0 Å². The monoisotopic (exact) mass is 170 g/mol. The quantitative estimate of drug-likeness (QED) is 0.575. The van der Waals surface area contributed by atoms with Gasteiger partial charge in [0.1, 0.15) is 12.2 Å². The predicted octanol–water partition coefficient (Wildman–Crippen LogP) is 0.438. The van der Waals surface area contributed by atoms with Crippen molar-refractivity contribution in [1.29, 1.82) is 0 Å². The van der Waals surface area contributed by atoms with Gasteiger partial charge in [0.2, 0.25) is 0 Å². The molecule has 0 aromatic rings. The van der Waals surface area contributed by atoms with E-state index < -0.39 is 0 Å². The van der Waals surface area contributed by atoms with Gasteiger partial charge in [-0.3, -0.25) is 0 Å². The van der Waals surface area contributed by atoms with Crippen LogP contribution in [0.2, 0.25) is 0 Å². The van der Waals surface area contributed by atoms with Crippen LogP contribution >= 0.6 is 0 Å². The van der Waals surface area contributed by atoms with Gasteiger partial charge in [-0.1, -0.05) is 5.92 Å². The molecule has 1 heterocycles. The average molecular weight is 170 g/mol. The van der Waals surface area contributed by atoms with E-state index in [1.165, 1.54) is 0 Å². The Labute approximate surface area is 73.0 Å². The highest BCUT2D eigenvalue weighted by Crippen LogP contribution is 2.22. The Morgan fingerprint density at radius 1 is 1.58 bits per heavy atom. The predicted molar refractivity (Wildman–Crippen MR) is 44.8 cm³/mol. The number of methoxy groups -OCH3 is 2. The van der Waals surface area contributed by atoms with Gasteiger partial charge >= 0.3 is 0 Å². The summed E-state index contributed by atoms with van der Waals surface area (Å²) in [6, 6.07) is 0. The third-order valence-electron chi connectivity index (χ3n) is 2.02. The van der Waals surface area contributed by atoms with Crippen LogP contribution < -0.4 is 0 Å². The van der Waals surface area contributed by atoms with Crippen molar-refractivity contribution in [1.82, 2.24) is 0 Å². The molecule has 0 N–H and O–H groups in total. The Morgan fingerprint density at radius 2 is 2.33 bits per heavy atom. The molecule has 0 aromatic carbocycles. The van der Waals surface area contributed by atoms with Gasteiger partial charge in [0, 0.05) is 20.6 Å². The molecule has 0 bridgehead atoms. The first kappa shape index (κ1) is 9.53. The fraction of sp³-hybridized carbons (Fsp3) is 0.778. The number of hydrogen-bond donors (Lipinski definition) is 0. The molecule has 68 valence electrons. The topological polar surface area (TPSA) is 27.7 Å². The first-order valence-electron chi connectivity index (χ1n) is 3.95. The van der Waals surface area contributed by atoms with E-state index >= 15 is 0 Å². The molecule has 1 unspecified atom stereocenters.